The number of carbonyl (C=O) groups excluding carboxylic acids is 2. The van der Waals surface area contributed by atoms with Gasteiger partial charge in [0.2, 0.25) is 0 Å². The van der Waals surface area contributed by atoms with Gasteiger partial charge >= 0.3 is 12.1 Å². The van der Waals surface area contributed by atoms with Gasteiger partial charge in [0.25, 0.3) is 5.91 Å². The van der Waals surface area contributed by atoms with Crippen molar-refractivity contribution in [3.8, 4) is 11.1 Å². The van der Waals surface area contributed by atoms with E-state index in [1.54, 1.807) is 23.1 Å². The van der Waals surface area contributed by atoms with Crippen LogP contribution in [0.4, 0.5) is 24.5 Å². The smallest absolute Gasteiger partial charge is 0.416 e. The maximum atomic E-state index is 13.0. The van der Waals surface area contributed by atoms with E-state index in [0.717, 1.165) is 28.8 Å². The number of carbonyl (C=O) groups is 2. The Bertz CT molecular complexity index is 1370. The molecule has 1 aliphatic heterocycles. The summed E-state index contributed by atoms with van der Waals surface area (Å²) in [6.07, 6.45) is -4.44. The number of hydrogen-bond donors (Lipinski definition) is 2. The first kappa shape index (κ1) is 27.1. The Morgan fingerprint density at radius 2 is 1.63 bits per heavy atom. The summed E-state index contributed by atoms with van der Waals surface area (Å²) in [6, 6.07) is 17.0. The predicted octanol–water partition coefficient (Wildman–Crippen LogP) is 6.33. The third-order valence-electron chi connectivity index (χ3n) is 6.27. The van der Waals surface area contributed by atoms with Crippen LogP contribution in [0.1, 0.15) is 35.3 Å². The van der Waals surface area contributed by atoms with Crippen molar-refractivity contribution in [3.05, 3.63) is 83.4 Å². The number of nitrogens with one attached hydrogen (secondary N) is 2. The first-order chi connectivity index (χ1) is 18.0. The van der Waals surface area contributed by atoms with Gasteiger partial charge in [0, 0.05) is 23.5 Å². The second-order valence-corrected chi connectivity index (χ2v) is 9.66. The molecule has 0 aliphatic carbocycles. The number of nitrogens with zero attached hydrogens (tertiary/aromatic N) is 1. The monoisotopic (exact) mass is 541 g/mol. The number of methoxy groups -OCH3 is 1. The Hall–Kier alpha value is -3.92. The highest BCUT2D eigenvalue weighted by atomic mass is 32.1. The lowest BCUT2D eigenvalue weighted by Crippen LogP contribution is -2.45. The number of amides is 1. The van der Waals surface area contributed by atoms with Crippen molar-refractivity contribution in [2.45, 2.75) is 32.6 Å². The minimum absolute atomic E-state index is 0.102. The minimum atomic E-state index is -4.44. The van der Waals surface area contributed by atoms with Gasteiger partial charge in [-0.2, -0.15) is 13.2 Å². The van der Waals surface area contributed by atoms with Crippen LogP contribution in [0, 0.1) is 5.92 Å². The summed E-state index contributed by atoms with van der Waals surface area (Å²) in [5, 5.41) is 5.88. The van der Waals surface area contributed by atoms with Crippen molar-refractivity contribution >= 4 is 40.6 Å². The predicted molar refractivity (Wildman–Crippen MR) is 144 cm³/mol. The van der Waals surface area contributed by atoms with E-state index in [1.165, 1.54) is 19.2 Å². The van der Waals surface area contributed by atoms with Crippen LogP contribution in [0.2, 0.25) is 0 Å². The summed E-state index contributed by atoms with van der Waals surface area (Å²) >= 11 is 5.25. The number of halogens is 3. The van der Waals surface area contributed by atoms with E-state index in [1.807, 2.05) is 38.1 Å². The highest BCUT2D eigenvalue weighted by Gasteiger charge is 2.38. The van der Waals surface area contributed by atoms with Gasteiger partial charge in [0.15, 0.2) is 5.11 Å². The average Bonchev–Trinajstić information content (AvgIpc) is 3.19. The van der Waals surface area contributed by atoms with Gasteiger partial charge in [-0.05, 0) is 77.3 Å². The molecule has 2 N–H and O–H groups in total. The molecule has 0 aromatic heterocycles. The molecule has 1 aliphatic rings. The van der Waals surface area contributed by atoms with E-state index in [0.29, 0.717) is 17.8 Å². The molecule has 198 valence electrons. The van der Waals surface area contributed by atoms with Gasteiger partial charge < -0.3 is 20.3 Å². The van der Waals surface area contributed by atoms with Crippen LogP contribution in [0.25, 0.3) is 11.1 Å². The van der Waals surface area contributed by atoms with E-state index in [4.69, 9.17) is 17.0 Å². The van der Waals surface area contributed by atoms with E-state index in [-0.39, 0.29) is 22.6 Å². The Morgan fingerprint density at radius 1 is 0.974 bits per heavy atom. The number of anilines is 2. The third-order valence-corrected chi connectivity index (χ3v) is 6.48. The number of thiocarbonyl (C=S) groups is 1. The number of ether oxygens (including phenoxy) is 1. The van der Waals surface area contributed by atoms with Gasteiger partial charge in [0.05, 0.1) is 12.7 Å². The molecule has 0 spiro atoms. The van der Waals surface area contributed by atoms with Crippen LogP contribution >= 0.6 is 12.2 Å². The quantitative estimate of drug-likeness (QED) is 0.281. The first-order valence-electron chi connectivity index (χ1n) is 11.9. The van der Waals surface area contributed by atoms with Gasteiger partial charge in [-0.1, -0.05) is 38.1 Å². The second kappa shape index (κ2) is 10.8. The molecule has 0 fully saturated rings. The highest BCUT2D eigenvalue weighted by molar-refractivity contribution is 7.80. The lowest BCUT2D eigenvalue weighted by Gasteiger charge is -2.28. The van der Waals surface area contributed by atoms with Crippen molar-refractivity contribution < 1.29 is 27.5 Å². The minimum Gasteiger partial charge on any atom is -0.467 e. The van der Waals surface area contributed by atoms with Crippen LogP contribution < -0.4 is 10.6 Å². The second-order valence-electron chi connectivity index (χ2n) is 9.25. The van der Waals surface area contributed by atoms with E-state index in [9.17, 15) is 22.8 Å². The van der Waals surface area contributed by atoms with Crippen LogP contribution in [-0.4, -0.2) is 35.0 Å². The van der Waals surface area contributed by atoms with Gasteiger partial charge in [-0.25, -0.2) is 4.79 Å². The lowest BCUT2D eigenvalue weighted by atomic mass is 10.0. The van der Waals surface area contributed by atoms with Crippen LogP contribution in [-0.2, 0) is 22.3 Å². The molecule has 0 saturated carbocycles. The molecule has 1 atom stereocenters. The van der Waals surface area contributed by atoms with Crippen molar-refractivity contribution in [1.82, 2.24) is 4.90 Å². The van der Waals surface area contributed by atoms with E-state index >= 15 is 0 Å². The largest absolute Gasteiger partial charge is 0.467 e. The van der Waals surface area contributed by atoms with Gasteiger partial charge in [-0.3, -0.25) is 4.79 Å². The molecule has 0 radical (unpaired) electrons. The molecule has 38 heavy (non-hydrogen) atoms. The Balaban J connectivity index is 1.44. The van der Waals surface area contributed by atoms with Crippen molar-refractivity contribution in [3.63, 3.8) is 0 Å². The lowest BCUT2D eigenvalue weighted by molar-refractivity contribution is -0.147. The zero-order chi connectivity index (χ0) is 27.6. The number of benzene rings is 3. The van der Waals surface area contributed by atoms with Gasteiger partial charge in [-0.15, -0.1) is 0 Å². The topological polar surface area (TPSA) is 70.7 Å². The van der Waals surface area contributed by atoms with E-state index < -0.39 is 23.8 Å². The summed E-state index contributed by atoms with van der Waals surface area (Å²) in [5.41, 5.74) is 3.30. The fraction of sp³-hybridized carbons (Fsp3) is 0.250. The zero-order valence-corrected chi connectivity index (χ0v) is 21.7. The molecule has 3 aromatic rings. The molecule has 4 rings (SSSR count). The number of hydrogen-bond acceptors (Lipinski definition) is 4. The van der Waals surface area contributed by atoms with Crippen molar-refractivity contribution in [2.24, 2.45) is 5.92 Å². The SMILES string of the molecule is COC(=O)C(C(C)C)N1Cc2cc(-c3ccc(NC(=S)Nc4cccc(C(F)(F)F)c4)cc3)ccc2C1=O. The summed E-state index contributed by atoms with van der Waals surface area (Å²) < 4.78 is 43.7. The Labute approximate surface area is 223 Å². The van der Waals surface area contributed by atoms with Crippen LogP contribution in [0.3, 0.4) is 0 Å². The zero-order valence-electron chi connectivity index (χ0n) is 20.9. The number of alkyl halides is 3. The van der Waals surface area contributed by atoms with Crippen molar-refractivity contribution in [2.75, 3.05) is 17.7 Å². The van der Waals surface area contributed by atoms with Crippen molar-refractivity contribution in [1.29, 1.82) is 0 Å². The molecule has 0 bridgehead atoms. The standard InChI is InChI=1S/C28H26F3N3O3S/c1-16(2)24(26(36)37-3)34-15-19-13-18(9-12-23(19)25(34)35)17-7-10-21(11-8-17)32-27(38)33-22-6-4-5-20(14-22)28(29,30)31/h4-14,16,24H,15H2,1-3H3,(H2,32,33,38). The van der Waals surface area contributed by atoms with Crippen LogP contribution in [0.15, 0.2) is 66.7 Å². The molecule has 3 aromatic carbocycles. The molecular weight excluding hydrogens is 515 g/mol. The number of rotatable bonds is 6. The summed E-state index contributed by atoms with van der Waals surface area (Å²) in [7, 11) is 1.32. The highest BCUT2D eigenvalue weighted by Crippen LogP contribution is 2.32. The fourth-order valence-electron chi connectivity index (χ4n) is 4.44. The number of fused-ring (bicyclic) bond motifs is 1. The molecule has 1 unspecified atom stereocenters. The van der Waals surface area contributed by atoms with E-state index in [2.05, 4.69) is 10.6 Å². The maximum absolute atomic E-state index is 13.0. The Morgan fingerprint density at radius 3 is 2.26 bits per heavy atom. The normalized spacial score (nSPS) is 13.8. The Kier molecular flexibility index (Phi) is 7.73. The average molecular weight is 542 g/mol. The fourth-order valence-corrected chi connectivity index (χ4v) is 4.68. The van der Waals surface area contributed by atoms with Gasteiger partial charge in [0.1, 0.15) is 6.04 Å². The van der Waals surface area contributed by atoms with Crippen LogP contribution in [0.5, 0.6) is 0 Å². The third kappa shape index (κ3) is 5.80. The summed E-state index contributed by atoms with van der Waals surface area (Å²) in [5.74, 6) is -0.740. The first-order valence-corrected chi connectivity index (χ1v) is 12.3. The number of esters is 1. The summed E-state index contributed by atoms with van der Waals surface area (Å²) in [6.45, 7) is 4.06. The molecule has 1 heterocycles. The molecule has 1 amide bonds. The molecule has 10 heteroatoms. The molecule has 6 nitrogen and oxygen atoms in total. The molecule has 0 saturated heterocycles. The summed E-state index contributed by atoms with van der Waals surface area (Å²) in [4.78, 5) is 26.9. The maximum Gasteiger partial charge on any atom is 0.416 e. The molecular formula is C28H26F3N3O3S.